The van der Waals surface area contributed by atoms with E-state index in [2.05, 4.69) is 36.5 Å². The summed E-state index contributed by atoms with van der Waals surface area (Å²) in [6.07, 6.45) is 0. The Hall–Kier alpha value is -1.71. The Morgan fingerprint density at radius 3 is 2.52 bits per heavy atom. The van der Waals surface area contributed by atoms with E-state index in [1.54, 1.807) is 14.2 Å². The average molecular weight is 306 g/mol. The van der Waals surface area contributed by atoms with Crippen molar-refractivity contribution in [2.75, 3.05) is 14.2 Å². The van der Waals surface area contributed by atoms with Crippen LogP contribution in [0.1, 0.15) is 16.7 Å². The molecule has 0 aliphatic heterocycles. The van der Waals surface area contributed by atoms with E-state index in [9.17, 15) is 0 Å². The molecule has 0 spiro atoms. The molecule has 21 heavy (non-hydrogen) atoms. The standard InChI is InChI=1S/C17H20ClNO2/c1-12-5-4-6-13(9-12)10-19-11-14-7-8-15(20-2)17(21-3)16(14)18/h4-9,19H,10-11H2,1-3H3. The molecule has 0 bridgehead atoms. The van der Waals surface area contributed by atoms with E-state index in [4.69, 9.17) is 21.1 Å². The number of hydrogen-bond donors (Lipinski definition) is 1. The van der Waals surface area contributed by atoms with Crippen molar-refractivity contribution in [1.82, 2.24) is 5.32 Å². The highest BCUT2D eigenvalue weighted by atomic mass is 35.5. The van der Waals surface area contributed by atoms with Crippen molar-refractivity contribution in [3.8, 4) is 11.5 Å². The summed E-state index contributed by atoms with van der Waals surface area (Å²) in [5.41, 5.74) is 3.51. The molecule has 0 saturated carbocycles. The Bertz CT molecular complexity index is 614. The second-order valence-electron chi connectivity index (χ2n) is 4.87. The summed E-state index contributed by atoms with van der Waals surface area (Å²) in [4.78, 5) is 0. The van der Waals surface area contributed by atoms with Gasteiger partial charge in [0.05, 0.1) is 19.2 Å². The lowest BCUT2D eigenvalue weighted by atomic mass is 10.1. The number of ether oxygens (including phenoxy) is 2. The van der Waals surface area contributed by atoms with Crippen LogP contribution in [0.4, 0.5) is 0 Å². The Kier molecular flexibility index (Phi) is 5.48. The minimum absolute atomic E-state index is 0.578. The molecule has 0 heterocycles. The lowest BCUT2D eigenvalue weighted by Crippen LogP contribution is -2.13. The number of hydrogen-bond acceptors (Lipinski definition) is 3. The smallest absolute Gasteiger partial charge is 0.179 e. The number of nitrogens with one attached hydrogen (secondary N) is 1. The number of aryl methyl sites for hydroxylation is 1. The summed E-state index contributed by atoms with van der Waals surface area (Å²) in [5, 5.41) is 3.99. The first-order valence-corrected chi connectivity index (χ1v) is 7.19. The topological polar surface area (TPSA) is 30.5 Å². The first kappa shape index (κ1) is 15.7. The van der Waals surface area contributed by atoms with E-state index >= 15 is 0 Å². The molecule has 1 N–H and O–H groups in total. The Balaban J connectivity index is 2.03. The zero-order valence-electron chi connectivity index (χ0n) is 12.6. The van der Waals surface area contributed by atoms with E-state index in [1.807, 2.05) is 12.1 Å². The van der Waals surface area contributed by atoms with E-state index in [0.29, 0.717) is 23.1 Å². The molecule has 4 heteroatoms. The molecule has 2 aromatic carbocycles. The maximum Gasteiger partial charge on any atom is 0.179 e. The maximum absolute atomic E-state index is 6.35. The molecule has 0 atom stereocenters. The molecule has 0 radical (unpaired) electrons. The third-order valence-corrected chi connectivity index (χ3v) is 3.71. The van der Waals surface area contributed by atoms with Crippen molar-refractivity contribution in [3.05, 3.63) is 58.1 Å². The van der Waals surface area contributed by atoms with Crippen molar-refractivity contribution in [2.45, 2.75) is 20.0 Å². The van der Waals surface area contributed by atoms with Crippen molar-refractivity contribution < 1.29 is 9.47 Å². The second kappa shape index (κ2) is 7.34. The van der Waals surface area contributed by atoms with E-state index in [-0.39, 0.29) is 0 Å². The molecule has 2 aromatic rings. The Morgan fingerprint density at radius 2 is 1.86 bits per heavy atom. The number of halogens is 1. The molecule has 0 fully saturated rings. The first-order chi connectivity index (χ1) is 10.2. The van der Waals surface area contributed by atoms with Gasteiger partial charge in [0.1, 0.15) is 0 Å². The van der Waals surface area contributed by atoms with Crippen LogP contribution in [-0.4, -0.2) is 14.2 Å². The summed E-state index contributed by atoms with van der Waals surface area (Å²) >= 11 is 6.35. The molecule has 0 amide bonds. The van der Waals surface area contributed by atoms with Gasteiger partial charge in [0.2, 0.25) is 0 Å². The third-order valence-electron chi connectivity index (χ3n) is 3.29. The molecule has 112 valence electrons. The average Bonchev–Trinajstić information content (AvgIpc) is 2.48. The Morgan fingerprint density at radius 1 is 1.05 bits per heavy atom. The van der Waals surface area contributed by atoms with Crippen LogP contribution in [0.25, 0.3) is 0 Å². The highest BCUT2D eigenvalue weighted by Gasteiger charge is 2.12. The predicted molar refractivity (Wildman–Crippen MR) is 86.3 cm³/mol. The summed E-state index contributed by atoms with van der Waals surface area (Å²) in [6, 6.07) is 12.3. The van der Waals surface area contributed by atoms with Crippen molar-refractivity contribution in [2.24, 2.45) is 0 Å². The van der Waals surface area contributed by atoms with Crippen LogP contribution in [0.3, 0.4) is 0 Å². The zero-order valence-corrected chi connectivity index (χ0v) is 13.3. The predicted octanol–water partition coefficient (Wildman–Crippen LogP) is 3.96. The fraction of sp³-hybridized carbons (Fsp3) is 0.294. The van der Waals surface area contributed by atoms with Gasteiger partial charge in [-0.2, -0.15) is 0 Å². The fourth-order valence-electron chi connectivity index (χ4n) is 2.23. The van der Waals surface area contributed by atoms with E-state index in [0.717, 1.165) is 12.1 Å². The van der Waals surface area contributed by atoms with Gasteiger partial charge in [0.15, 0.2) is 11.5 Å². The molecular formula is C17H20ClNO2. The molecule has 0 saturated heterocycles. The van der Waals surface area contributed by atoms with Gasteiger partial charge < -0.3 is 14.8 Å². The van der Waals surface area contributed by atoms with Crippen LogP contribution in [0.2, 0.25) is 5.02 Å². The molecule has 0 aromatic heterocycles. The molecule has 3 nitrogen and oxygen atoms in total. The minimum atomic E-state index is 0.578. The van der Waals surface area contributed by atoms with Gasteiger partial charge in [-0.3, -0.25) is 0 Å². The van der Waals surface area contributed by atoms with Crippen molar-refractivity contribution in [3.63, 3.8) is 0 Å². The van der Waals surface area contributed by atoms with Gasteiger partial charge in [-0.15, -0.1) is 0 Å². The largest absolute Gasteiger partial charge is 0.493 e. The highest BCUT2D eigenvalue weighted by Crippen LogP contribution is 2.37. The number of benzene rings is 2. The number of methoxy groups -OCH3 is 2. The van der Waals surface area contributed by atoms with Crippen LogP contribution < -0.4 is 14.8 Å². The quantitative estimate of drug-likeness (QED) is 0.876. The van der Waals surface area contributed by atoms with E-state index < -0.39 is 0 Å². The highest BCUT2D eigenvalue weighted by molar-refractivity contribution is 6.33. The second-order valence-corrected chi connectivity index (χ2v) is 5.24. The minimum Gasteiger partial charge on any atom is -0.493 e. The van der Waals surface area contributed by atoms with Crippen LogP contribution in [0.15, 0.2) is 36.4 Å². The van der Waals surface area contributed by atoms with Gasteiger partial charge in [-0.1, -0.05) is 47.5 Å². The van der Waals surface area contributed by atoms with Gasteiger partial charge in [0, 0.05) is 13.1 Å². The molecule has 0 aliphatic carbocycles. The summed E-state index contributed by atoms with van der Waals surface area (Å²) < 4.78 is 10.5. The normalized spacial score (nSPS) is 10.5. The lowest BCUT2D eigenvalue weighted by Gasteiger charge is -2.13. The molecule has 0 unspecified atom stereocenters. The van der Waals surface area contributed by atoms with Crippen molar-refractivity contribution in [1.29, 1.82) is 0 Å². The van der Waals surface area contributed by atoms with Crippen LogP contribution in [0.5, 0.6) is 11.5 Å². The van der Waals surface area contributed by atoms with Crippen LogP contribution in [0, 0.1) is 6.92 Å². The third kappa shape index (κ3) is 3.90. The van der Waals surface area contributed by atoms with Gasteiger partial charge in [0.25, 0.3) is 0 Å². The summed E-state index contributed by atoms with van der Waals surface area (Å²) in [6.45, 7) is 3.56. The zero-order chi connectivity index (χ0) is 15.2. The summed E-state index contributed by atoms with van der Waals surface area (Å²) in [5.74, 6) is 1.22. The summed E-state index contributed by atoms with van der Waals surface area (Å²) in [7, 11) is 3.19. The maximum atomic E-state index is 6.35. The number of rotatable bonds is 6. The fourth-order valence-corrected chi connectivity index (χ4v) is 2.53. The van der Waals surface area contributed by atoms with Gasteiger partial charge in [-0.05, 0) is 24.1 Å². The van der Waals surface area contributed by atoms with Crippen molar-refractivity contribution >= 4 is 11.6 Å². The first-order valence-electron chi connectivity index (χ1n) is 6.81. The SMILES string of the molecule is COc1ccc(CNCc2cccc(C)c2)c(Cl)c1OC. The van der Waals surface area contributed by atoms with Crippen LogP contribution in [-0.2, 0) is 13.1 Å². The Labute approximate surface area is 130 Å². The monoisotopic (exact) mass is 305 g/mol. The molecule has 0 aliphatic rings. The van der Waals surface area contributed by atoms with Gasteiger partial charge >= 0.3 is 0 Å². The lowest BCUT2D eigenvalue weighted by molar-refractivity contribution is 0.354. The molecular weight excluding hydrogens is 286 g/mol. The van der Waals surface area contributed by atoms with E-state index in [1.165, 1.54) is 11.1 Å². The van der Waals surface area contributed by atoms with Crippen LogP contribution >= 0.6 is 11.6 Å². The molecule has 2 rings (SSSR count). The van der Waals surface area contributed by atoms with Gasteiger partial charge in [-0.25, -0.2) is 0 Å².